The summed E-state index contributed by atoms with van der Waals surface area (Å²) in [4.78, 5) is 11.6. The number of carbonyl (C=O) groups excluding carboxylic acids is 1. The van der Waals surface area contributed by atoms with Crippen molar-refractivity contribution in [3.05, 3.63) is 24.0 Å². The van der Waals surface area contributed by atoms with Crippen LogP contribution in [0.15, 0.2) is 18.5 Å². The van der Waals surface area contributed by atoms with Crippen LogP contribution in [0.1, 0.15) is 31.1 Å². The van der Waals surface area contributed by atoms with Crippen LogP contribution >= 0.6 is 0 Å². The maximum atomic E-state index is 11.6. The van der Waals surface area contributed by atoms with E-state index in [9.17, 15) is 4.79 Å². The highest BCUT2D eigenvalue weighted by molar-refractivity contribution is 5.84. The highest BCUT2D eigenvalue weighted by Crippen LogP contribution is 2.16. The van der Waals surface area contributed by atoms with Gasteiger partial charge in [0, 0.05) is 17.8 Å². The summed E-state index contributed by atoms with van der Waals surface area (Å²) >= 11 is 0. The van der Waals surface area contributed by atoms with Crippen molar-refractivity contribution in [1.29, 1.82) is 5.26 Å². The zero-order valence-electron chi connectivity index (χ0n) is 8.03. The average molecular weight is 176 g/mol. The second-order valence-corrected chi connectivity index (χ2v) is 3.97. The molecule has 0 bridgehead atoms. The molecule has 1 aromatic heterocycles. The van der Waals surface area contributed by atoms with Crippen molar-refractivity contribution in [3.8, 4) is 6.07 Å². The molecule has 0 unspecified atom stereocenters. The maximum absolute atomic E-state index is 11.6. The Hall–Kier alpha value is -1.56. The lowest BCUT2D eigenvalue weighted by molar-refractivity contribution is 0.0767. The Kier molecular flexibility index (Phi) is 2.24. The van der Waals surface area contributed by atoms with E-state index >= 15 is 0 Å². The number of nitriles is 1. The fourth-order valence-electron chi connectivity index (χ4n) is 0.976. The van der Waals surface area contributed by atoms with Crippen molar-refractivity contribution in [2.75, 3.05) is 0 Å². The van der Waals surface area contributed by atoms with Gasteiger partial charge in [0.1, 0.15) is 6.07 Å². The Labute approximate surface area is 77.6 Å². The van der Waals surface area contributed by atoms with Gasteiger partial charge < -0.3 is 0 Å². The normalized spacial score (nSPS) is 10.9. The van der Waals surface area contributed by atoms with Gasteiger partial charge in [-0.1, -0.05) is 20.8 Å². The minimum absolute atomic E-state index is 0.00556. The van der Waals surface area contributed by atoms with Crippen molar-refractivity contribution in [1.82, 2.24) is 4.57 Å². The summed E-state index contributed by atoms with van der Waals surface area (Å²) in [5, 5.41) is 8.56. The monoisotopic (exact) mass is 176 g/mol. The van der Waals surface area contributed by atoms with Gasteiger partial charge in [0.2, 0.25) is 5.91 Å². The molecule has 0 N–H and O–H groups in total. The van der Waals surface area contributed by atoms with Crippen LogP contribution in [0.4, 0.5) is 0 Å². The number of rotatable bonds is 0. The molecule has 0 fully saturated rings. The number of aromatic nitrogens is 1. The molecule has 0 amide bonds. The Morgan fingerprint density at radius 1 is 1.54 bits per heavy atom. The Bertz CT molecular complexity index is 363. The van der Waals surface area contributed by atoms with E-state index in [-0.39, 0.29) is 5.91 Å². The third kappa shape index (κ3) is 1.97. The van der Waals surface area contributed by atoms with Crippen molar-refractivity contribution in [2.45, 2.75) is 20.8 Å². The van der Waals surface area contributed by atoms with Crippen LogP contribution < -0.4 is 0 Å². The van der Waals surface area contributed by atoms with E-state index in [0.717, 1.165) is 0 Å². The number of carbonyl (C=O) groups is 1. The quantitative estimate of drug-likeness (QED) is 0.607. The molecule has 0 aliphatic carbocycles. The largest absolute Gasteiger partial charge is 0.293 e. The van der Waals surface area contributed by atoms with Crippen LogP contribution in [0.3, 0.4) is 0 Å². The number of hydrogen-bond acceptors (Lipinski definition) is 2. The topological polar surface area (TPSA) is 45.8 Å². The molecule has 3 nitrogen and oxygen atoms in total. The van der Waals surface area contributed by atoms with Gasteiger partial charge in [-0.2, -0.15) is 5.26 Å². The van der Waals surface area contributed by atoms with E-state index in [4.69, 9.17) is 5.26 Å². The van der Waals surface area contributed by atoms with Gasteiger partial charge in [-0.05, 0) is 6.07 Å². The van der Waals surface area contributed by atoms with E-state index in [1.165, 1.54) is 4.57 Å². The third-order valence-electron chi connectivity index (χ3n) is 1.70. The lowest BCUT2D eigenvalue weighted by Crippen LogP contribution is -2.25. The number of hydrogen-bond donors (Lipinski definition) is 0. The summed E-state index contributed by atoms with van der Waals surface area (Å²) < 4.78 is 1.46. The Balaban J connectivity index is 2.98. The predicted molar refractivity (Wildman–Crippen MR) is 49.2 cm³/mol. The summed E-state index contributed by atoms with van der Waals surface area (Å²) in [6.45, 7) is 5.55. The molecule has 1 rings (SSSR count). The van der Waals surface area contributed by atoms with Gasteiger partial charge in [0.05, 0.1) is 5.56 Å². The highest BCUT2D eigenvalue weighted by atomic mass is 16.2. The molecule has 0 saturated heterocycles. The highest BCUT2D eigenvalue weighted by Gasteiger charge is 2.22. The Morgan fingerprint density at radius 3 is 2.54 bits per heavy atom. The van der Waals surface area contributed by atoms with Crippen LogP contribution in [0, 0.1) is 16.7 Å². The van der Waals surface area contributed by atoms with Crippen LogP contribution in [0.2, 0.25) is 0 Å². The average Bonchev–Trinajstić information content (AvgIpc) is 2.48. The Morgan fingerprint density at radius 2 is 2.15 bits per heavy atom. The lowest BCUT2D eigenvalue weighted by atomic mass is 9.96. The molecule has 0 aliphatic rings. The zero-order valence-corrected chi connectivity index (χ0v) is 8.03. The van der Waals surface area contributed by atoms with E-state index in [1.54, 1.807) is 18.5 Å². The van der Waals surface area contributed by atoms with E-state index in [1.807, 2.05) is 26.8 Å². The molecule has 68 valence electrons. The van der Waals surface area contributed by atoms with Crippen molar-refractivity contribution in [2.24, 2.45) is 5.41 Å². The standard InChI is InChI=1S/C10H12N2O/c1-10(2,3)9(13)12-5-4-8(6-11)7-12/h4-5,7H,1-3H3. The lowest BCUT2D eigenvalue weighted by Gasteiger charge is -2.16. The fourth-order valence-corrected chi connectivity index (χ4v) is 0.976. The molecule has 0 atom stereocenters. The SMILES string of the molecule is CC(C)(C)C(=O)n1ccc(C#N)c1. The summed E-state index contributed by atoms with van der Waals surface area (Å²) in [6.07, 6.45) is 3.17. The smallest absolute Gasteiger partial charge is 0.235 e. The first-order valence-corrected chi connectivity index (χ1v) is 4.08. The van der Waals surface area contributed by atoms with Gasteiger partial charge in [0.25, 0.3) is 0 Å². The summed E-state index contributed by atoms with van der Waals surface area (Å²) in [6, 6.07) is 3.61. The van der Waals surface area contributed by atoms with Gasteiger partial charge in [-0.25, -0.2) is 0 Å². The van der Waals surface area contributed by atoms with Gasteiger partial charge >= 0.3 is 0 Å². The minimum Gasteiger partial charge on any atom is -0.293 e. The summed E-state index contributed by atoms with van der Waals surface area (Å²) in [7, 11) is 0. The predicted octanol–water partition coefficient (Wildman–Crippen LogP) is 2.05. The molecular formula is C10H12N2O. The molecule has 0 saturated carbocycles. The van der Waals surface area contributed by atoms with E-state index in [2.05, 4.69) is 0 Å². The fraction of sp³-hybridized carbons (Fsp3) is 0.400. The van der Waals surface area contributed by atoms with Crippen molar-refractivity contribution in [3.63, 3.8) is 0 Å². The molecule has 13 heavy (non-hydrogen) atoms. The summed E-state index contributed by atoms with van der Waals surface area (Å²) in [5.74, 6) is -0.00556. The first-order chi connectivity index (χ1) is 5.95. The second kappa shape index (κ2) is 3.06. The molecule has 1 heterocycles. The molecule has 0 radical (unpaired) electrons. The van der Waals surface area contributed by atoms with Gasteiger partial charge in [-0.3, -0.25) is 9.36 Å². The van der Waals surface area contributed by atoms with Crippen LogP contribution in [-0.2, 0) is 0 Å². The minimum atomic E-state index is -0.411. The molecule has 3 heteroatoms. The third-order valence-corrected chi connectivity index (χ3v) is 1.70. The maximum Gasteiger partial charge on any atom is 0.235 e. The number of nitrogens with zero attached hydrogens (tertiary/aromatic N) is 2. The van der Waals surface area contributed by atoms with E-state index in [0.29, 0.717) is 5.56 Å². The molecule has 0 aromatic carbocycles. The molecule has 0 aliphatic heterocycles. The van der Waals surface area contributed by atoms with Crippen molar-refractivity contribution >= 4 is 5.91 Å². The van der Waals surface area contributed by atoms with Crippen LogP contribution in [0.5, 0.6) is 0 Å². The molecule has 1 aromatic rings. The molecule has 0 spiro atoms. The van der Waals surface area contributed by atoms with Crippen molar-refractivity contribution < 1.29 is 4.79 Å². The zero-order chi connectivity index (χ0) is 10.1. The van der Waals surface area contributed by atoms with E-state index < -0.39 is 5.41 Å². The van der Waals surface area contributed by atoms with Gasteiger partial charge in [-0.15, -0.1) is 0 Å². The van der Waals surface area contributed by atoms with Crippen LogP contribution in [0.25, 0.3) is 0 Å². The molecular weight excluding hydrogens is 164 g/mol. The summed E-state index contributed by atoms with van der Waals surface area (Å²) in [5.41, 5.74) is 0.101. The second-order valence-electron chi connectivity index (χ2n) is 3.97. The first kappa shape index (κ1) is 9.53. The first-order valence-electron chi connectivity index (χ1n) is 4.08. The van der Waals surface area contributed by atoms with Crippen LogP contribution in [-0.4, -0.2) is 10.5 Å². The van der Waals surface area contributed by atoms with Gasteiger partial charge in [0.15, 0.2) is 0 Å².